The standard InChI is InChI=1S/C21H33N5O/c1-6-19-18(20(7-2)26(5)24-19)16-23-21(22-8-3)25(4)14-15-27-17-12-10-9-11-13-17/h9-13H,6-8,14-16H2,1-5H3,(H,22,23). The lowest BCUT2D eigenvalue weighted by Gasteiger charge is -2.22. The SMILES string of the molecule is CCNC(=NCc1c(CC)nn(C)c1CC)N(C)CCOc1ccccc1. The number of nitrogens with one attached hydrogen (secondary N) is 1. The van der Waals surface area contributed by atoms with E-state index in [1.807, 2.05) is 49.1 Å². The number of aliphatic imine (C=N–C) groups is 1. The van der Waals surface area contributed by atoms with Gasteiger partial charge in [0.1, 0.15) is 12.4 Å². The van der Waals surface area contributed by atoms with E-state index in [1.54, 1.807) is 0 Å². The normalized spacial score (nSPS) is 11.5. The zero-order chi connectivity index (χ0) is 19.6. The molecule has 0 amide bonds. The lowest BCUT2D eigenvalue weighted by atomic mass is 10.1. The molecule has 1 aromatic carbocycles. The molecule has 6 nitrogen and oxygen atoms in total. The number of aromatic nitrogens is 2. The Hall–Kier alpha value is -2.50. The third-order valence-corrected chi connectivity index (χ3v) is 4.55. The van der Waals surface area contributed by atoms with Crippen LogP contribution in [0.3, 0.4) is 0 Å². The number of aryl methyl sites for hydroxylation is 2. The van der Waals surface area contributed by atoms with E-state index in [2.05, 4.69) is 36.1 Å². The second-order valence-electron chi connectivity index (χ2n) is 6.46. The molecule has 27 heavy (non-hydrogen) atoms. The fourth-order valence-corrected chi connectivity index (χ4v) is 3.12. The van der Waals surface area contributed by atoms with Gasteiger partial charge in [0.2, 0.25) is 0 Å². The van der Waals surface area contributed by atoms with E-state index in [0.717, 1.165) is 43.3 Å². The molecule has 148 valence electrons. The molecule has 0 aliphatic carbocycles. The first-order chi connectivity index (χ1) is 13.1. The number of hydrogen-bond acceptors (Lipinski definition) is 3. The molecule has 0 spiro atoms. The van der Waals surface area contributed by atoms with Gasteiger partial charge < -0.3 is 15.0 Å². The lowest BCUT2D eigenvalue weighted by Crippen LogP contribution is -2.40. The number of para-hydroxylation sites is 1. The van der Waals surface area contributed by atoms with Crippen LogP contribution in [-0.4, -0.2) is 47.4 Å². The Bertz CT molecular complexity index is 724. The minimum absolute atomic E-state index is 0.609. The van der Waals surface area contributed by atoms with Crippen molar-refractivity contribution in [3.05, 3.63) is 47.3 Å². The maximum Gasteiger partial charge on any atom is 0.194 e. The monoisotopic (exact) mass is 371 g/mol. The molecule has 0 fully saturated rings. The smallest absolute Gasteiger partial charge is 0.194 e. The maximum atomic E-state index is 5.81. The van der Waals surface area contributed by atoms with Crippen LogP contribution in [-0.2, 0) is 26.4 Å². The molecule has 0 radical (unpaired) electrons. The summed E-state index contributed by atoms with van der Waals surface area (Å²) in [4.78, 5) is 6.97. The summed E-state index contributed by atoms with van der Waals surface area (Å²) in [7, 11) is 4.06. The zero-order valence-electron chi connectivity index (χ0n) is 17.3. The third-order valence-electron chi connectivity index (χ3n) is 4.55. The molecule has 1 aromatic heterocycles. The second kappa shape index (κ2) is 10.6. The summed E-state index contributed by atoms with van der Waals surface area (Å²) in [5.41, 5.74) is 3.66. The van der Waals surface area contributed by atoms with Crippen molar-refractivity contribution >= 4 is 5.96 Å². The van der Waals surface area contributed by atoms with Gasteiger partial charge in [0, 0.05) is 31.9 Å². The van der Waals surface area contributed by atoms with Crippen molar-refractivity contribution in [2.75, 3.05) is 26.7 Å². The van der Waals surface area contributed by atoms with E-state index in [4.69, 9.17) is 9.73 Å². The van der Waals surface area contributed by atoms with Crippen LogP contribution >= 0.6 is 0 Å². The van der Waals surface area contributed by atoms with Gasteiger partial charge in [0.15, 0.2) is 5.96 Å². The highest BCUT2D eigenvalue weighted by atomic mass is 16.5. The van der Waals surface area contributed by atoms with Crippen LogP contribution in [0.15, 0.2) is 35.3 Å². The first-order valence-electron chi connectivity index (χ1n) is 9.81. The van der Waals surface area contributed by atoms with Crippen molar-refractivity contribution in [2.45, 2.75) is 40.2 Å². The van der Waals surface area contributed by atoms with Crippen molar-refractivity contribution in [1.82, 2.24) is 20.0 Å². The molecule has 1 N–H and O–H groups in total. The summed E-state index contributed by atoms with van der Waals surface area (Å²) in [6.07, 6.45) is 1.89. The van der Waals surface area contributed by atoms with Crippen LogP contribution < -0.4 is 10.1 Å². The van der Waals surface area contributed by atoms with Gasteiger partial charge >= 0.3 is 0 Å². The van der Waals surface area contributed by atoms with Crippen molar-refractivity contribution < 1.29 is 4.74 Å². The second-order valence-corrected chi connectivity index (χ2v) is 6.46. The van der Waals surface area contributed by atoms with Crippen LogP contribution in [0.5, 0.6) is 5.75 Å². The highest BCUT2D eigenvalue weighted by Crippen LogP contribution is 2.16. The van der Waals surface area contributed by atoms with E-state index in [0.29, 0.717) is 13.2 Å². The number of ether oxygens (including phenoxy) is 1. The van der Waals surface area contributed by atoms with Crippen LogP contribution in [0.4, 0.5) is 0 Å². The van der Waals surface area contributed by atoms with E-state index in [9.17, 15) is 0 Å². The lowest BCUT2D eigenvalue weighted by molar-refractivity contribution is 0.281. The molecular formula is C21H33N5O. The van der Waals surface area contributed by atoms with Crippen molar-refractivity contribution in [3.63, 3.8) is 0 Å². The number of benzene rings is 1. The van der Waals surface area contributed by atoms with Crippen LogP contribution in [0.25, 0.3) is 0 Å². The minimum Gasteiger partial charge on any atom is -0.492 e. The average Bonchev–Trinajstić information content (AvgIpc) is 3.00. The molecule has 2 rings (SSSR count). The Labute approximate surface area is 163 Å². The Morgan fingerprint density at radius 2 is 1.93 bits per heavy atom. The Balaban J connectivity index is 2.03. The van der Waals surface area contributed by atoms with Gasteiger partial charge in [0.25, 0.3) is 0 Å². The summed E-state index contributed by atoms with van der Waals surface area (Å²) in [6, 6.07) is 9.90. The quantitative estimate of drug-likeness (QED) is 0.544. The predicted molar refractivity (Wildman–Crippen MR) is 111 cm³/mol. The summed E-state index contributed by atoms with van der Waals surface area (Å²) in [5.74, 6) is 1.78. The molecule has 0 aliphatic rings. The number of hydrogen-bond donors (Lipinski definition) is 1. The molecule has 2 aromatic rings. The molecule has 0 atom stereocenters. The molecule has 0 bridgehead atoms. The van der Waals surface area contributed by atoms with E-state index in [-0.39, 0.29) is 0 Å². The fraction of sp³-hybridized carbons (Fsp3) is 0.524. The van der Waals surface area contributed by atoms with Crippen molar-refractivity contribution in [1.29, 1.82) is 0 Å². The number of likely N-dealkylation sites (N-methyl/N-ethyl adjacent to an activating group) is 1. The minimum atomic E-state index is 0.609. The molecule has 0 saturated carbocycles. The fourth-order valence-electron chi connectivity index (χ4n) is 3.12. The molecular weight excluding hydrogens is 338 g/mol. The van der Waals surface area contributed by atoms with Gasteiger partial charge in [-0.3, -0.25) is 4.68 Å². The molecule has 0 unspecified atom stereocenters. The third kappa shape index (κ3) is 5.74. The number of rotatable bonds is 9. The van der Waals surface area contributed by atoms with Gasteiger partial charge in [-0.25, -0.2) is 4.99 Å². The largest absolute Gasteiger partial charge is 0.492 e. The van der Waals surface area contributed by atoms with Gasteiger partial charge in [-0.1, -0.05) is 32.0 Å². The molecule has 1 heterocycles. The van der Waals surface area contributed by atoms with Crippen molar-refractivity contribution in [2.24, 2.45) is 12.0 Å². The predicted octanol–water partition coefficient (Wildman–Crippen LogP) is 3.02. The molecule has 6 heteroatoms. The van der Waals surface area contributed by atoms with E-state index < -0.39 is 0 Å². The van der Waals surface area contributed by atoms with E-state index >= 15 is 0 Å². The molecule has 0 aliphatic heterocycles. The Morgan fingerprint density at radius 3 is 2.56 bits per heavy atom. The average molecular weight is 372 g/mol. The van der Waals surface area contributed by atoms with Gasteiger partial charge in [-0.2, -0.15) is 5.10 Å². The van der Waals surface area contributed by atoms with Crippen LogP contribution in [0, 0.1) is 0 Å². The Kier molecular flexibility index (Phi) is 8.17. The van der Waals surface area contributed by atoms with Crippen LogP contribution in [0.2, 0.25) is 0 Å². The number of nitrogens with zero attached hydrogens (tertiary/aromatic N) is 4. The zero-order valence-corrected chi connectivity index (χ0v) is 17.3. The summed E-state index contributed by atoms with van der Waals surface area (Å²) < 4.78 is 7.80. The first-order valence-corrected chi connectivity index (χ1v) is 9.81. The van der Waals surface area contributed by atoms with Crippen molar-refractivity contribution in [3.8, 4) is 5.75 Å². The van der Waals surface area contributed by atoms with Gasteiger partial charge in [-0.05, 0) is 31.9 Å². The Morgan fingerprint density at radius 1 is 1.19 bits per heavy atom. The van der Waals surface area contributed by atoms with Gasteiger partial charge in [-0.15, -0.1) is 0 Å². The summed E-state index contributed by atoms with van der Waals surface area (Å²) in [6.45, 7) is 9.24. The number of guanidine groups is 1. The van der Waals surface area contributed by atoms with E-state index in [1.165, 1.54) is 11.3 Å². The molecule has 0 saturated heterocycles. The van der Waals surface area contributed by atoms with Crippen LogP contribution in [0.1, 0.15) is 37.7 Å². The highest BCUT2D eigenvalue weighted by Gasteiger charge is 2.14. The summed E-state index contributed by atoms with van der Waals surface area (Å²) >= 11 is 0. The van der Waals surface area contributed by atoms with Gasteiger partial charge in [0.05, 0.1) is 18.8 Å². The highest BCUT2D eigenvalue weighted by molar-refractivity contribution is 5.79. The topological polar surface area (TPSA) is 54.7 Å². The maximum absolute atomic E-state index is 5.81. The summed E-state index contributed by atoms with van der Waals surface area (Å²) in [5, 5.41) is 8.02. The first kappa shape index (κ1) is 20.8.